The van der Waals surface area contributed by atoms with Gasteiger partial charge in [-0.1, -0.05) is 24.8 Å². The van der Waals surface area contributed by atoms with Crippen LogP contribution in [0.3, 0.4) is 0 Å². The molecule has 1 aromatic heterocycles. The number of likely N-dealkylation sites (tertiary alicyclic amines) is 1. The predicted octanol–water partition coefficient (Wildman–Crippen LogP) is 0.651. The Balaban J connectivity index is 1.70. The van der Waals surface area contributed by atoms with Crippen molar-refractivity contribution in [3.63, 3.8) is 0 Å². The van der Waals surface area contributed by atoms with Crippen molar-refractivity contribution in [3.8, 4) is 17.5 Å². The van der Waals surface area contributed by atoms with Gasteiger partial charge >= 0.3 is 0 Å². The Bertz CT molecular complexity index is 1050. The molecule has 2 aliphatic rings. The van der Waals surface area contributed by atoms with Crippen LogP contribution in [0.2, 0.25) is 0 Å². The summed E-state index contributed by atoms with van der Waals surface area (Å²) < 4.78 is 1.76. The van der Waals surface area contributed by atoms with E-state index in [4.69, 9.17) is 5.73 Å². The van der Waals surface area contributed by atoms with Gasteiger partial charge in [0.05, 0.1) is 5.69 Å². The summed E-state index contributed by atoms with van der Waals surface area (Å²) in [6, 6.07) is 7.36. The van der Waals surface area contributed by atoms with Gasteiger partial charge in [0.1, 0.15) is 0 Å². The van der Waals surface area contributed by atoms with Crippen LogP contribution >= 0.6 is 0 Å². The number of likely N-dealkylation sites (N-methyl/N-ethyl adjacent to an activating group) is 1. The van der Waals surface area contributed by atoms with E-state index in [2.05, 4.69) is 23.9 Å². The van der Waals surface area contributed by atoms with Crippen molar-refractivity contribution in [1.29, 1.82) is 0 Å². The molecule has 2 aromatic rings. The maximum Gasteiger partial charge on any atom is 0.269 e. The van der Waals surface area contributed by atoms with Gasteiger partial charge in [-0.3, -0.25) is 9.59 Å². The minimum absolute atomic E-state index is 0.293. The number of aromatic nitrogens is 2. The fraction of sp³-hybridized carbons (Fsp3) is 0.381. The van der Waals surface area contributed by atoms with E-state index in [-0.39, 0.29) is 5.91 Å². The van der Waals surface area contributed by atoms with Crippen molar-refractivity contribution in [2.45, 2.75) is 31.8 Å². The van der Waals surface area contributed by atoms with Gasteiger partial charge in [0, 0.05) is 36.8 Å². The molecule has 144 valence electrons. The number of rotatable bonds is 2. The first kappa shape index (κ1) is 18.3. The highest BCUT2D eigenvalue weighted by molar-refractivity contribution is 5.93. The van der Waals surface area contributed by atoms with Crippen LogP contribution in [0, 0.1) is 17.8 Å². The first-order valence-corrected chi connectivity index (χ1v) is 9.30. The standard InChI is InChI=1S/C21H22N4O3/c1-13-10-16-17(11-13)25(23-18(16)19(22)26)15-5-3-4-14(12-15)6-7-21(28)8-9-24(2)20(21)27/h3-5,12-13,28H,8-11H2,1-2H3,(H2,22,26)/t13-,21-/m0/s1. The summed E-state index contributed by atoms with van der Waals surface area (Å²) in [5.41, 5.74) is 7.55. The average molecular weight is 378 g/mol. The molecule has 1 saturated heterocycles. The van der Waals surface area contributed by atoms with Gasteiger partial charge in [-0.25, -0.2) is 4.68 Å². The van der Waals surface area contributed by atoms with E-state index in [1.165, 1.54) is 4.90 Å². The molecule has 1 aliphatic heterocycles. The molecule has 0 radical (unpaired) electrons. The zero-order valence-electron chi connectivity index (χ0n) is 15.9. The van der Waals surface area contributed by atoms with Gasteiger partial charge in [0.2, 0.25) is 5.60 Å². The van der Waals surface area contributed by atoms with Crippen LogP contribution in [0.5, 0.6) is 0 Å². The van der Waals surface area contributed by atoms with Gasteiger partial charge in [0.15, 0.2) is 5.69 Å². The lowest BCUT2D eigenvalue weighted by atomic mass is 10.0. The number of aliphatic hydroxyl groups is 1. The van der Waals surface area contributed by atoms with Crippen LogP contribution < -0.4 is 5.73 Å². The Hall–Kier alpha value is -3.11. The smallest absolute Gasteiger partial charge is 0.269 e. The Morgan fingerprint density at radius 3 is 2.86 bits per heavy atom. The monoisotopic (exact) mass is 378 g/mol. The molecular formula is C21H22N4O3. The zero-order chi connectivity index (χ0) is 20.1. The maximum atomic E-state index is 12.1. The summed E-state index contributed by atoms with van der Waals surface area (Å²) in [6.45, 7) is 2.62. The largest absolute Gasteiger partial charge is 0.369 e. The molecule has 3 N–H and O–H groups in total. The van der Waals surface area contributed by atoms with E-state index in [0.717, 1.165) is 29.8 Å². The van der Waals surface area contributed by atoms with Gasteiger partial charge in [0.25, 0.3) is 11.8 Å². The van der Waals surface area contributed by atoms with Crippen LogP contribution in [0.1, 0.15) is 40.7 Å². The molecular weight excluding hydrogens is 356 g/mol. The molecule has 0 saturated carbocycles. The third-order valence-corrected chi connectivity index (χ3v) is 5.43. The average Bonchev–Trinajstić information content (AvgIpc) is 3.28. The lowest BCUT2D eigenvalue weighted by Crippen LogP contribution is -2.37. The van der Waals surface area contributed by atoms with Crippen LogP contribution in [0.4, 0.5) is 0 Å². The zero-order valence-corrected chi connectivity index (χ0v) is 15.9. The number of hydrogen-bond donors (Lipinski definition) is 2. The maximum absolute atomic E-state index is 12.1. The van der Waals surface area contributed by atoms with Crippen molar-refractivity contribution >= 4 is 11.8 Å². The highest BCUT2D eigenvalue weighted by atomic mass is 16.3. The molecule has 1 fully saturated rings. The Morgan fingerprint density at radius 2 is 2.18 bits per heavy atom. The molecule has 28 heavy (non-hydrogen) atoms. The van der Waals surface area contributed by atoms with Crippen LogP contribution in [0.15, 0.2) is 24.3 Å². The molecule has 2 heterocycles. The number of benzene rings is 1. The Morgan fingerprint density at radius 1 is 1.39 bits per heavy atom. The third-order valence-electron chi connectivity index (χ3n) is 5.43. The van der Waals surface area contributed by atoms with Gasteiger partial charge in [-0.05, 0) is 37.0 Å². The summed E-state index contributed by atoms with van der Waals surface area (Å²) in [5.74, 6) is 5.18. The number of carbonyl (C=O) groups excluding carboxylic acids is 2. The lowest BCUT2D eigenvalue weighted by molar-refractivity contribution is -0.137. The molecule has 4 rings (SSSR count). The third kappa shape index (κ3) is 2.96. The van der Waals surface area contributed by atoms with Crippen molar-refractivity contribution in [2.24, 2.45) is 11.7 Å². The molecule has 0 bridgehead atoms. The van der Waals surface area contributed by atoms with Crippen molar-refractivity contribution in [3.05, 3.63) is 46.8 Å². The SMILES string of the molecule is C[C@H]1Cc2c(C(N)=O)nn(-c3cccc(C#C[C@]4(O)CCN(C)C4=O)c3)c2C1. The van der Waals surface area contributed by atoms with Crippen LogP contribution in [0.25, 0.3) is 5.69 Å². The number of amides is 2. The molecule has 2 atom stereocenters. The molecule has 7 heteroatoms. The van der Waals surface area contributed by atoms with E-state index >= 15 is 0 Å². The number of nitrogens with two attached hydrogens (primary N) is 1. The highest BCUT2D eigenvalue weighted by Gasteiger charge is 2.42. The van der Waals surface area contributed by atoms with Crippen molar-refractivity contribution in [2.75, 3.05) is 13.6 Å². The molecule has 1 aromatic carbocycles. The topological polar surface area (TPSA) is 101 Å². The van der Waals surface area contributed by atoms with Gasteiger partial charge in [-0.15, -0.1) is 0 Å². The number of primary amides is 1. The first-order valence-electron chi connectivity index (χ1n) is 9.30. The fourth-order valence-electron chi connectivity index (χ4n) is 3.93. The van der Waals surface area contributed by atoms with E-state index in [9.17, 15) is 14.7 Å². The quantitative estimate of drug-likeness (QED) is 0.749. The summed E-state index contributed by atoms with van der Waals surface area (Å²) in [5, 5.41) is 14.9. The van der Waals surface area contributed by atoms with Gasteiger partial charge < -0.3 is 15.7 Å². The van der Waals surface area contributed by atoms with E-state index in [0.29, 0.717) is 30.1 Å². The van der Waals surface area contributed by atoms with Crippen molar-refractivity contribution in [1.82, 2.24) is 14.7 Å². The number of fused-ring (bicyclic) bond motifs is 1. The second-order valence-electron chi connectivity index (χ2n) is 7.70. The van der Waals surface area contributed by atoms with Crippen molar-refractivity contribution < 1.29 is 14.7 Å². The Kier molecular flexibility index (Phi) is 4.24. The molecule has 7 nitrogen and oxygen atoms in total. The summed E-state index contributed by atoms with van der Waals surface area (Å²) in [7, 11) is 1.65. The number of hydrogen-bond acceptors (Lipinski definition) is 4. The molecule has 0 spiro atoms. The number of nitrogens with zero attached hydrogens (tertiary/aromatic N) is 3. The first-order chi connectivity index (χ1) is 13.3. The second-order valence-corrected chi connectivity index (χ2v) is 7.70. The van der Waals surface area contributed by atoms with E-state index in [1.54, 1.807) is 11.7 Å². The minimum atomic E-state index is -1.63. The lowest BCUT2D eigenvalue weighted by Gasteiger charge is -2.13. The second kappa shape index (κ2) is 6.50. The summed E-state index contributed by atoms with van der Waals surface area (Å²) in [4.78, 5) is 25.3. The van der Waals surface area contributed by atoms with Crippen LogP contribution in [-0.4, -0.2) is 50.8 Å². The summed E-state index contributed by atoms with van der Waals surface area (Å²) >= 11 is 0. The highest BCUT2D eigenvalue weighted by Crippen LogP contribution is 2.31. The minimum Gasteiger partial charge on any atom is -0.369 e. The summed E-state index contributed by atoms with van der Waals surface area (Å²) in [6.07, 6.45) is 1.91. The normalized spacial score (nSPS) is 23.5. The van der Waals surface area contributed by atoms with Gasteiger partial charge in [-0.2, -0.15) is 5.10 Å². The molecule has 1 aliphatic carbocycles. The van der Waals surface area contributed by atoms with E-state index < -0.39 is 11.5 Å². The van der Waals surface area contributed by atoms with E-state index in [1.807, 2.05) is 24.3 Å². The van der Waals surface area contributed by atoms with Crippen LogP contribution in [-0.2, 0) is 17.6 Å². The molecule has 2 amide bonds. The Labute approximate surface area is 163 Å². The fourth-order valence-corrected chi connectivity index (χ4v) is 3.93. The number of carbonyl (C=O) groups is 2. The molecule has 0 unspecified atom stereocenters. The predicted molar refractivity (Wildman–Crippen MR) is 103 cm³/mol.